The third-order valence-electron chi connectivity index (χ3n) is 2.35. The maximum atomic E-state index is 2.29. The zero-order chi connectivity index (χ0) is 8.93. The number of hydrogen-bond donors (Lipinski definition) is 0. The molecule has 2 aliphatic carbocycles. The summed E-state index contributed by atoms with van der Waals surface area (Å²) in [7, 11) is 0.950. The van der Waals surface area contributed by atoms with Crippen LogP contribution in [0.2, 0.25) is 0 Å². The molecule has 0 spiro atoms. The summed E-state index contributed by atoms with van der Waals surface area (Å²) in [6, 6.07) is 0. The Morgan fingerprint density at radius 3 is 1.77 bits per heavy atom. The van der Waals surface area contributed by atoms with E-state index in [9.17, 15) is 0 Å². The number of hydrogen-bond acceptors (Lipinski definition) is 0. The molecule has 1 heteroatoms. The lowest BCUT2D eigenvalue weighted by atomic mass is 10.2. The molecule has 2 rings (SSSR count). The van der Waals surface area contributed by atoms with Crippen LogP contribution < -0.4 is 0 Å². The summed E-state index contributed by atoms with van der Waals surface area (Å²) in [5.74, 6) is 0. The fraction of sp³-hybridized carbons (Fsp3) is 0.333. The van der Waals surface area contributed by atoms with Gasteiger partial charge >= 0.3 is 0 Å². The second-order valence-corrected chi connectivity index (χ2v) is 4.98. The minimum absolute atomic E-state index is 0.950. The molecule has 0 aromatic carbocycles. The van der Waals surface area contributed by atoms with E-state index in [1.807, 2.05) is 0 Å². The first kappa shape index (κ1) is 8.97. The van der Waals surface area contributed by atoms with Gasteiger partial charge in [-0.1, -0.05) is 45.0 Å². The Morgan fingerprint density at radius 2 is 1.38 bits per heavy atom. The first-order valence-electron chi connectivity index (χ1n) is 4.93. The molecule has 0 N–H and O–H groups in total. The molecule has 0 aromatic rings. The maximum absolute atomic E-state index is 2.29. The fourth-order valence-electron chi connectivity index (χ4n) is 1.62. The molecule has 0 fully saturated rings. The zero-order valence-electron chi connectivity index (χ0n) is 7.79. The van der Waals surface area contributed by atoms with Crippen LogP contribution in [0.1, 0.15) is 25.7 Å². The van der Waals surface area contributed by atoms with Crippen LogP contribution in [0.4, 0.5) is 0 Å². The molecule has 0 aromatic heterocycles. The molecule has 0 unspecified atom stereocenters. The highest BCUT2D eigenvalue weighted by atomic mass is 31.1. The average molecular weight is 190 g/mol. The lowest BCUT2D eigenvalue weighted by Gasteiger charge is -2.13. The van der Waals surface area contributed by atoms with Crippen molar-refractivity contribution in [2.24, 2.45) is 0 Å². The second kappa shape index (κ2) is 4.58. The van der Waals surface area contributed by atoms with Crippen molar-refractivity contribution in [2.75, 3.05) is 0 Å². The van der Waals surface area contributed by atoms with E-state index >= 15 is 0 Å². The Labute approximate surface area is 81.9 Å². The summed E-state index contributed by atoms with van der Waals surface area (Å²) < 4.78 is 0. The van der Waals surface area contributed by atoms with Gasteiger partial charge in [-0.3, -0.25) is 0 Å². The van der Waals surface area contributed by atoms with Crippen LogP contribution in [-0.4, -0.2) is 0 Å². The Morgan fingerprint density at radius 1 is 0.846 bits per heavy atom. The highest BCUT2D eigenvalue weighted by Crippen LogP contribution is 2.40. The van der Waals surface area contributed by atoms with Gasteiger partial charge in [-0.05, 0) is 36.3 Å². The second-order valence-electron chi connectivity index (χ2n) is 3.44. The van der Waals surface area contributed by atoms with Crippen LogP contribution >= 0.6 is 8.58 Å². The highest BCUT2D eigenvalue weighted by molar-refractivity contribution is 7.47. The normalized spacial score (nSPS) is 21.2. The molecular weight excluding hydrogens is 175 g/mol. The van der Waals surface area contributed by atoms with E-state index in [1.165, 1.54) is 25.7 Å². The summed E-state index contributed by atoms with van der Waals surface area (Å²) in [6.07, 6.45) is 18.5. The summed E-state index contributed by atoms with van der Waals surface area (Å²) in [5.41, 5.74) is 0. The summed E-state index contributed by atoms with van der Waals surface area (Å²) in [5, 5.41) is 3.26. The fourth-order valence-corrected chi connectivity index (χ4v) is 2.93. The first-order valence-corrected chi connectivity index (χ1v) is 5.93. The molecule has 0 radical (unpaired) electrons. The zero-order valence-corrected chi connectivity index (χ0v) is 8.79. The van der Waals surface area contributed by atoms with Crippen LogP contribution in [0.25, 0.3) is 0 Å². The standard InChI is InChI=1S/C12H15P/c1-3-7-11(8-4-1)13-12-9-5-2-6-10-12/h1-3,5,7,9,13H,4,6,8,10H2. The minimum atomic E-state index is 0.950. The van der Waals surface area contributed by atoms with Gasteiger partial charge in [0.1, 0.15) is 0 Å². The van der Waals surface area contributed by atoms with Gasteiger partial charge in [0.2, 0.25) is 0 Å². The molecule has 0 saturated carbocycles. The van der Waals surface area contributed by atoms with Crippen molar-refractivity contribution in [3.05, 3.63) is 47.1 Å². The molecule has 13 heavy (non-hydrogen) atoms. The molecule has 0 amide bonds. The molecule has 0 atom stereocenters. The Bertz CT molecular complexity index is 262. The Kier molecular flexibility index (Phi) is 3.16. The van der Waals surface area contributed by atoms with Crippen molar-refractivity contribution in [1.29, 1.82) is 0 Å². The molecule has 0 aliphatic heterocycles. The van der Waals surface area contributed by atoms with Crippen LogP contribution in [0.5, 0.6) is 0 Å². The molecule has 0 bridgehead atoms. The first-order chi connectivity index (χ1) is 6.45. The highest BCUT2D eigenvalue weighted by Gasteiger charge is 2.04. The lowest BCUT2D eigenvalue weighted by molar-refractivity contribution is 1.00. The van der Waals surface area contributed by atoms with Gasteiger partial charge in [0, 0.05) is 0 Å². The Balaban J connectivity index is 1.96. The summed E-state index contributed by atoms with van der Waals surface area (Å²) in [6.45, 7) is 0. The van der Waals surface area contributed by atoms with Crippen molar-refractivity contribution in [1.82, 2.24) is 0 Å². The molecular formula is C12H15P. The Hall–Kier alpha value is -0.610. The van der Waals surface area contributed by atoms with Gasteiger partial charge in [-0.15, -0.1) is 0 Å². The van der Waals surface area contributed by atoms with Crippen molar-refractivity contribution in [3.8, 4) is 0 Å². The van der Waals surface area contributed by atoms with Gasteiger partial charge in [0.05, 0.1) is 0 Å². The third kappa shape index (κ3) is 2.67. The molecule has 0 saturated heterocycles. The SMILES string of the molecule is C1=CCCC(PC2=CC=CCC2)=C1. The average Bonchev–Trinajstić information content (AvgIpc) is 2.21. The van der Waals surface area contributed by atoms with E-state index in [0.717, 1.165) is 8.58 Å². The smallest absolute Gasteiger partial charge is 0.0239 e. The van der Waals surface area contributed by atoms with E-state index in [0.29, 0.717) is 0 Å². The number of allylic oxidation sites excluding steroid dienone is 8. The monoisotopic (exact) mass is 190 g/mol. The van der Waals surface area contributed by atoms with Crippen LogP contribution in [0.15, 0.2) is 47.1 Å². The largest absolute Gasteiger partial charge is 0.0842 e. The molecule has 2 aliphatic rings. The van der Waals surface area contributed by atoms with Gasteiger partial charge in [0.25, 0.3) is 0 Å². The van der Waals surface area contributed by atoms with Crippen LogP contribution in [-0.2, 0) is 0 Å². The van der Waals surface area contributed by atoms with Crippen molar-refractivity contribution in [2.45, 2.75) is 25.7 Å². The van der Waals surface area contributed by atoms with Crippen molar-refractivity contribution in [3.63, 3.8) is 0 Å². The molecule has 0 heterocycles. The topological polar surface area (TPSA) is 0 Å². The van der Waals surface area contributed by atoms with Crippen LogP contribution in [0.3, 0.4) is 0 Å². The van der Waals surface area contributed by atoms with E-state index in [2.05, 4.69) is 36.5 Å². The van der Waals surface area contributed by atoms with E-state index in [-0.39, 0.29) is 0 Å². The maximum Gasteiger partial charge on any atom is -0.0239 e. The third-order valence-corrected chi connectivity index (χ3v) is 3.82. The van der Waals surface area contributed by atoms with E-state index in [1.54, 1.807) is 10.6 Å². The quantitative estimate of drug-likeness (QED) is 0.574. The van der Waals surface area contributed by atoms with Gasteiger partial charge in [-0.2, -0.15) is 0 Å². The van der Waals surface area contributed by atoms with Crippen LogP contribution in [0, 0.1) is 0 Å². The lowest BCUT2D eigenvalue weighted by Crippen LogP contribution is -1.84. The predicted molar refractivity (Wildman–Crippen MR) is 61.2 cm³/mol. The minimum Gasteiger partial charge on any atom is -0.0842 e. The summed E-state index contributed by atoms with van der Waals surface area (Å²) >= 11 is 0. The number of rotatable bonds is 2. The van der Waals surface area contributed by atoms with Gasteiger partial charge < -0.3 is 0 Å². The molecule has 68 valence electrons. The van der Waals surface area contributed by atoms with Crippen molar-refractivity contribution < 1.29 is 0 Å². The van der Waals surface area contributed by atoms with Crippen molar-refractivity contribution >= 4 is 8.58 Å². The predicted octanol–water partition coefficient (Wildman–Crippen LogP) is 4.13. The van der Waals surface area contributed by atoms with E-state index < -0.39 is 0 Å². The summed E-state index contributed by atoms with van der Waals surface area (Å²) in [4.78, 5) is 0. The van der Waals surface area contributed by atoms with E-state index in [4.69, 9.17) is 0 Å². The van der Waals surface area contributed by atoms with Gasteiger partial charge in [-0.25, -0.2) is 0 Å². The molecule has 0 nitrogen and oxygen atoms in total. The van der Waals surface area contributed by atoms with Gasteiger partial charge in [0.15, 0.2) is 0 Å².